The van der Waals surface area contributed by atoms with E-state index in [2.05, 4.69) is 0 Å². The molecule has 0 amide bonds. The number of allylic oxidation sites excluding steroid dienone is 3. The molecule has 0 atom stereocenters. The second-order valence-corrected chi connectivity index (χ2v) is 6.25. The molecule has 0 unspecified atom stereocenters. The first kappa shape index (κ1) is 18.5. The van der Waals surface area contributed by atoms with Gasteiger partial charge in [-0.15, -0.1) is 0 Å². The topological polar surface area (TPSA) is 84.6 Å². The fourth-order valence-electron chi connectivity index (χ4n) is 2.74. The average molecular weight is 362 g/mol. The van der Waals surface area contributed by atoms with Gasteiger partial charge in [-0.25, -0.2) is 0 Å². The minimum absolute atomic E-state index is 0.0936. The Balaban J connectivity index is 1.70. The monoisotopic (exact) mass is 362 g/mol. The molecular formula is C22H18O5. The Morgan fingerprint density at radius 1 is 1.07 bits per heavy atom. The summed E-state index contributed by atoms with van der Waals surface area (Å²) in [6.45, 7) is 0. The number of rotatable bonds is 7. The largest absolute Gasteiger partial charge is 0.461 e. The van der Waals surface area contributed by atoms with Crippen LogP contribution in [0.1, 0.15) is 39.3 Å². The number of furan rings is 1. The molecule has 1 aliphatic rings. The average Bonchev–Trinajstić information content (AvgIpc) is 3.22. The van der Waals surface area contributed by atoms with Crippen LogP contribution in [0.3, 0.4) is 0 Å². The van der Waals surface area contributed by atoms with Gasteiger partial charge < -0.3 is 9.52 Å². The quantitative estimate of drug-likeness (QED) is 0.601. The second-order valence-electron chi connectivity index (χ2n) is 6.25. The highest BCUT2D eigenvalue weighted by molar-refractivity contribution is 6.06. The molecule has 1 aliphatic carbocycles. The van der Waals surface area contributed by atoms with Crippen LogP contribution in [-0.2, 0) is 4.79 Å². The van der Waals surface area contributed by atoms with Gasteiger partial charge in [0.1, 0.15) is 5.60 Å². The van der Waals surface area contributed by atoms with Crippen LogP contribution >= 0.6 is 0 Å². The SMILES string of the molecule is O=C1C=CC(O)(CCC(=O)c2ccccc2/C=C/C(=O)c2ccco2)C=C1. The summed E-state index contributed by atoms with van der Waals surface area (Å²) < 4.78 is 5.05. The molecule has 0 saturated carbocycles. The van der Waals surface area contributed by atoms with Crippen molar-refractivity contribution in [1.29, 1.82) is 0 Å². The van der Waals surface area contributed by atoms with Gasteiger partial charge in [0.05, 0.1) is 6.26 Å². The molecule has 27 heavy (non-hydrogen) atoms. The lowest BCUT2D eigenvalue weighted by Gasteiger charge is -2.22. The Bertz CT molecular complexity index is 929. The highest BCUT2D eigenvalue weighted by Crippen LogP contribution is 2.22. The third-order valence-electron chi connectivity index (χ3n) is 4.26. The molecule has 0 spiro atoms. The standard InChI is InChI=1S/C22H18O5/c23-17-9-12-22(26,13-10-17)14-11-19(24)18-5-2-1-4-16(18)7-8-20(25)21-6-3-15-27-21/h1-10,12-13,15,26H,11,14H2/b8-7+. The first-order chi connectivity index (χ1) is 13.0. The predicted molar refractivity (Wildman–Crippen MR) is 100 cm³/mol. The smallest absolute Gasteiger partial charge is 0.221 e. The normalized spacial score (nSPS) is 15.4. The maximum atomic E-state index is 12.6. The van der Waals surface area contributed by atoms with Crippen molar-refractivity contribution in [2.45, 2.75) is 18.4 Å². The van der Waals surface area contributed by atoms with Crippen molar-refractivity contribution in [3.8, 4) is 0 Å². The van der Waals surface area contributed by atoms with Gasteiger partial charge in [-0.2, -0.15) is 0 Å². The van der Waals surface area contributed by atoms with Crippen molar-refractivity contribution in [3.05, 3.63) is 89.9 Å². The Morgan fingerprint density at radius 2 is 1.81 bits per heavy atom. The second kappa shape index (κ2) is 7.93. The molecule has 2 aromatic rings. The summed E-state index contributed by atoms with van der Waals surface area (Å²) in [6.07, 6.45) is 10.00. The summed E-state index contributed by atoms with van der Waals surface area (Å²) in [7, 11) is 0. The Morgan fingerprint density at radius 3 is 2.52 bits per heavy atom. The number of carbonyl (C=O) groups is 3. The lowest BCUT2D eigenvalue weighted by Crippen LogP contribution is -2.26. The molecule has 0 saturated heterocycles. The molecule has 5 heteroatoms. The summed E-state index contributed by atoms with van der Waals surface area (Å²) in [5.41, 5.74) is -0.229. The lowest BCUT2D eigenvalue weighted by atomic mass is 9.89. The molecule has 1 aromatic carbocycles. The van der Waals surface area contributed by atoms with Crippen molar-refractivity contribution < 1.29 is 23.9 Å². The summed E-state index contributed by atoms with van der Waals surface area (Å²) >= 11 is 0. The zero-order chi connectivity index (χ0) is 19.3. The van der Waals surface area contributed by atoms with Crippen molar-refractivity contribution in [2.75, 3.05) is 0 Å². The molecule has 1 aromatic heterocycles. The number of hydrogen-bond donors (Lipinski definition) is 1. The number of benzene rings is 1. The number of Topliss-reactive ketones (excluding diaryl/α,β-unsaturated/α-hetero) is 1. The van der Waals surface area contributed by atoms with E-state index in [9.17, 15) is 19.5 Å². The van der Waals surface area contributed by atoms with Gasteiger partial charge in [-0.1, -0.05) is 30.3 Å². The van der Waals surface area contributed by atoms with E-state index >= 15 is 0 Å². The van der Waals surface area contributed by atoms with E-state index in [0.29, 0.717) is 11.1 Å². The van der Waals surface area contributed by atoms with Crippen LogP contribution < -0.4 is 0 Å². The molecule has 3 rings (SSSR count). The third-order valence-corrected chi connectivity index (χ3v) is 4.26. The van der Waals surface area contributed by atoms with E-state index in [1.54, 1.807) is 42.5 Å². The van der Waals surface area contributed by atoms with Crippen LogP contribution in [0.25, 0.3) is 6.08 Å². The van der Waals surface area contributed by atoms with Crippen molar-refractivity contribution in [1.82, 2.24) is 0 Å². The summed E-state index contributed by atoms with van der Waals surface area (Å²) in [4.78, 5) is 35.8. The van der Waals surface area contributed by atoms with Crippen LogP contribution in [0.2, 0.25) is 0 Å². The van der Waals surface area contributed by atoms with Gasteiger partial charge in [-0.05, 0) is 54.5 Å². The fourth-order valence-corrected chi connectivity index (χ4v) is 2.74. The first-order valence-electron chi connectivity index (χ1n) is 8.50. The number of hydrogen-bond acceptors (Lipinski definition) is 5. The summed E-state index contributed by atoms with van der Waals surface area (Å²) in [5, 5.41) is 10.4. The van der Waals surface area contributed by atoms with Gasteiger partial charge in [-0.3, -0.25) is 14.4 Å². The van der Waals surface area contributed by atoms with Crippen LogP contribution in [0.5, 0.6) is 0 Å². The zero-order valence-electron chi connectivity index (χ0n) is 14.5. The van der Waals surface area contributed by atoms with Gasteiger partial charge >= 0.3 is 0 Å². The number of carbonyl (C=O) groups excluding carboxylic acids is 3. The molecule has 1 N–H and O–H groups in total. The molecule has 1 heterocycles. The maximum Gasteiger partial charge on any atom is 0.221 e. The minimum Gasteiger partial charge on any atom is -0.461 e. The summed E-state index contributed by atoms with van der Waals surface area (Å²) in [6, 6.07) is 10.1. The van der Waals surface area contributed by atoms with Crippen molar-refractivity contribution in [2.24, 2.45) is 0 Å². The highest BCUT2D eigenvalue weighted by Gasteiger charge is 2.24. The molecule has 0 fully saturated rings. The third kappa shape index (κ3) is 4.65. The molecule has 0 bridgehead atoms. The van der Waals surface area contributed by atoms with Crippen LogP contribution in [-0.4, -0.2) is 28.1 Å². The Labute approximate surface area is 156 Å². The zero-order valence-corrected chi connectivity index (χ0v) is 14.5. The molecule has 0 radical (unpaired) electrons. The Kier molecular flexibility index (Phi) is 5.43. The van der Waals surface area contributed by atoms with E-state index in [4.69, 9.17) is 4.42 Å². The maximum absolute atomic E-state index is 12.6. The molecular weight excluding hydrogens is 344 g/mol. The predicted octanol–water partition coefficient (Wildman–Crippen LogP) is 3.56. The van der Waals surface area contributed by atoms with E-state index in [1.807, 2.05) is 0 Å². The van der Waals surface area contributed by atoms with Crippen LogP contribution in [0, 0.1) is 0 Å². The van der Waals surface area contributed by atoms with Gasteiger partial charge in [0.25, 0.3) is 0 Å². The molecule has 136 valence electrons. The number of ketones is 3. The lowest BCUT2D eigenvalue weighted by molar-refractivity contribution is -0.110. The van der Waals surface area contributed by atoms with E-state index < -0.39 is 5.60 Å². The Hall–Kier alpha value is -3.31. The number of aliphatic hydroxyl groups is 1. The van der Waals surface area contributed by atoms with Crippen LogP contribution in [0.15, 0.2) is 77.5 Å². The van der Waals surface area contributed by atoms with Crippen molar-refractivity contribution in [3.63, 3.8) is 0 Å². The van der Waals surface area contributed by atoms with Crippen LogP contribution in [0.4, 0.5) is 0 Å². The van der Waals surface area contributed by atoms with E-state index in [1.165, 1.54) is 36.6 Å². The summed E-state index contributed by atoms with van der Waals surface area (Å²) in [5.74, 6) is -0.419. The van der Waals surface area contributed by atoms with Gasteiger partial charge in [0, 0.05) is 12.0 Å². The van der Waals surface area contributed by atoms with E-state index in [0.717, 1.165) is 0 Å². The minimum atomic E-state index is -1.30. The molecule has 5 nitrogen and oxygen atoms in total. The van der Waals surface area contributed by atoms with Crippen molar-refractivity contribution >= 4 is 23.4 Å². The fraction of sp³-hybridized carbons (Fsp3) is 0.136. The first-order valence-corrected chi connectivity index (χ1v) is 8.50. The van der Waals surface area contributed by atoms with E-state index in [-0.39, 0.29) is 36.0 Å². The van der Waals surface area contributed by atoms with Gasteiger partial charge in [0.15, 0.2) is 17.3 Å². The van der Waals surface area contributed by atoms with Gasteiger partial charge in [0.2, 0.25) is 5.78 Å². The molecule has 0 aliphatic heterocycles. The highest BCUT2D eigenvalue weighted by atomic mass is 16.3.